The van der Waals surface area contributed by atoms with Crippen molar-refractivity contribution in [1.82, 2.24) is 0 Å². The first-order chi connectivity index (χ1) is 5.11. The summed E-state index contributed by atoms with van der Waals surface area (Å²) in [5, 5.41) is 8.96. The monoisotopic (exact) mass is 156 g/mol. The van der Waals surface area contributed by atoms with Crippen molar-refractivity contribution < 1.29 is 19.4 Å². The van der Waals surface area contributed by atoms with E-state index in [9.17, 15) is 9.59 Å². The second kappa shape index (κ2) is 2.74. The summed E-state index contributed by atoms with van der Waals surface area (Å²) in [7, 11) is 0. The van der Waals surface area contributed by atoms with E-state index in [1.807, 2.05) is 0 Å². The van der Waals surface area contributed by atoms with Crippen molar-refractivity contribution in [1.29, 1.82) is 0 Å². The van der Waals surface area contributed by atoms with Gasteiger partial charge in [-0.1, -0.05) is 0 Å². The van der Waals surface area contributed by atoms with Gasteiger partial charge in [-0.3, -0.25) is 9.59 Å². The van der Waals surface area contributed by atoms with Crippen LogP contribution in [0.15, 0.2) is 11.5 Å². The molecular weight excluding hydrogens is 148 g/mol. The zero-order valence-corrected chi connectivity index (χ0v) is 6.09. The van der Waals surface area contributed by atoms with Crippen LogP contribution in [0.4, 0.5) is 0 Å². The second-order valence-electron chi connectivity index (χ2n) is 2.29. The van der Waals surface area contributed by atoms with Gasteiger partial charge in [0.2, 0.25) is 5.78 Å². The van der Waals surface area contributed by atoms with Crippen LogP contribution in [-0.2, 0) is 14.3 Å². The summed E-state index contributed by atoms with van der Waals surface area (Å²) in [5.41, 5.74) is 0. The van der Waals surface area contributed by atoms with Crippen LogP contribution in [0.1, 0.15) is 19.8 Å². The van der Waals surface area contributed by atoms with Gasteiger partial charge in [0.25, 0.3) is 0 Å². The van der Waals surface area contributed by atoms with Crippen LogP contribution in [0, 0.1) is 0 Å². The molecule has 0 saturated carbocycles. The molecular formula is C7H8O4. The van der Waals surface area contributed by atoms with Crippen molar-refractivity contribution in [2.45, 2.75) is 19.8 Å². The number of rotatable bonds is 1. The van der Waals surface area contributed by atoms with E-state index >= 15 is 0 Å². The highest BCUT2D eigenvalue weighted by atomic mass is 16.5. The van der Waals surface area contributed by atoms with Crippen LogP contribution in [0.2, 0.25) is 0 Å². The van der Waals surface area contributed by atoms with E-state index in [4.69, 9.17) is 5.11 Å². The SMILES string of the molecule is CC(=O)OC1=C(O)C(=O)CC1. The number of allylic oxidation sites excluding steroid dienone is 2. The fourth-order valence-corrected chi connectivity index (χ4v) is 0.892. The number of aliphatic hydroxyl groups excluding tert-OH is 1. The van der Waals surface area contributed by atoms with Crippen LogP contribution >= 0.6 is 0 Å². The average molecular weight is 156 g/mol. The van der Waals surface area contributed by atoms with Crippen molar-refractivity contribution >= 4 is 11.8 Å². The van der Waals surface area contributed by atoms with Crippen LogP contribution in [0.3, 0.4) is 0 Å². The topological polar surface area (TPSA) is 63.6 Å². The average Bonchev–Trinajstić information content (AvgIpc) is 2.18. The molecule has 0 aliphatic heterocycles. The molecule has 0 unspecified atom stereocenters. The minimum absolute atomic E-state index is 0.0995. The highest BCUT2D eigenvalue weighted by Crippen LogP contribution is 2.21. The number of carbonyl (C=O) groups excluding carboxylic acids is 2. The Hall–Kier alpha value is -1.32. The Bertz CT molecular complexity index is 239. The van der Waals surface area contributed by atoms with Crippen LogP contribution < -0.4 is 0 Å². The summed E-state index contributed by atoms with van der Waals surface area (Å²) in [6.07, 6.45) is 0.554. The van der Waals surface area contributed by atoms with Crippen LogP contribution in [0.5, 0.6) is 0 Å². The van der Waals surface area contributed by atoms with Crippen molar-refractivity contribution in [3.63, 3.8) is 0 Å². The van der Waals surface area contributed by atoms with Gasteiger partial charge in [0.15, 0.2) is 11.5 Å². The molecule has 1 N–H and O–H groups in total. The van der Waals surface area contributed by atoms with Gasteiger partial charge in [-0.15, -0.1) is 0 Å². The first kappa shape index (κ1) is 7.78. The molecule has 0 aromatic rings. The predicted molar refractivity (Wildman–Crippen MR) is 35.7 cm³/mol. The Morgan fingerprint density at radius 1 is 1.55 bits per heavy atom. The lowest BCUT2D eigenvalue weighted by Crippen LogP contribution is -2.00. The molecule has 1 aliphatic rings. The minimum atomic E-state index is -0.513. The molecule has 0 fully saturated rings. The standard InChI is InChI=1S/C7H8O4/c1-4(8)11-6-3-2-5(9)7(6)10/h10H,2-3H2,1H3. The highest BCUT2D eigenvalue weighted by molar-refractivity contribution is 5.96. The number of Topliss-reactive ketones (excluding diaryl/α,β-unsaturated/α-hetero) is 1. The van der Waals surface area contributed by atoms with E-state index < -0.39 is 11.7 Å². The number of aliphatic hydroxyl groups is 1. The van der Waals surface area contributed by atoms with Crippen LogP contribution in [0.25, 0.3) is 0 Å². The maximum atomic E-state index is 10.7. The molecule has 0 saturated heterocycles. The number of hydrogen-bond acceptors (Lipinski definition) is 4. The minimum Gasteiger partial charge on any atom is -0.502 e. The molecule has 0 atom stereocenters. The van der Waals surface area contributed by atoms with Gasteiger partial charge in [-0.2, -0.15) is 0 Å². The number of ketones is 1. The van der Waals surface area contributed by atoms with Gasteiger partial charge in [-0.25, -0.2) is 0 Å². The summed E-state index contributed by atoms with van der Waals surface area (Å²) in [5.74, 6) is -1.18. The number of carbonyl (C=O) groups is 2. The Kier molecular flexibility index (Phi) is 1.94. The Labute approximate surface area is 63.5 Å². The first-order valence-electron chi connectivity index (χ1n) is 3.25. The molecule has 0 bridgehead atoms. The summed E-state index contributed by atoms with van der Waals surface area (Å²) in [6, 6.07) is 0. The molecule has 1 rings (SSSR count). The quantitative estimate of drug-likeness (QED) is 0.567. The molecule has 0 aromatic carbocycles. The maximum Gasteiger partial charge on any atom is 0.307 e. The molecule has 0 radical (unpaired) electrons. The molecule has 0 aromatic heterocycles. The lowest BCUT2D eigenvalue weighted by Gasteiger charge is -1.99. The van der Waals surface area contributed by atoms with E-state index in [-0.39, 0.29) is 18.0 Å². The zero-order valence-electron chi connectivity index (χ0n) is 6.09. The van der Waals surface area contributed by atoms with Gasteiger partial charge < -0.3 is 9.84 Å². The molecule has 0 spiro atoms. The highest BCUT2D eigenvalue weighted by Gasteiger charge is 2.24. The predicted octanol–water partition coefficient (Wildman–Crippen LogP) is 0.682. The number of hydrogen-bond donors (Lipinski definition) is 1. The molecule has 0 heterocycles. The molecule has 1 aliphatic carbocycles. The molecule has 0 amide bonds. The number of ether oxygens (including phenoxy) is 1. The zero-order chi connectivity index (χ0) is 8.43. The summed E-state index contributed by atoms with van der Waals surface area (Å²) < 4.78 is 4.56. The summed E-state index contributed by atoms with van der Waals surface area (Å²) in [4.78, 5) is 21.0. The lowest BCUT2D eigenvalue weighted by atomic mass is 10.3. The molecule has 4 heteroatoms. The lowest BCUT2D eigenvalue weighted by molar-refractivity contribution is -0.137. The van der Waals surface area contributed by atoms with E-state index in [0.29, 0.717) is 6.42 Å². The first-order valence-corrected chi connectivity index (χ1v) is 3.25. The van der Waals surface area contributed by atoms with E-state index in [1.54, 1.807) is 0 Å². The van der Waals surface area contributed by atoms with E-state index in [0.717, 1.165) is 0 Å². The third kappa shape index (κ3) is 1.58. The van der Waals surface area contributed by atoms with Gasteiger partial charge in [-0.05, 0) is 0 Å². The normalized spacial score (nSPS) is 17.4. The third-order valence-corrected chi connectivity index (χ3v) is 1.37. The van der Waals surface area contributed by atoms with Crippen LogP contribution in [-0.4, -0.2) is 16.9 Å². The number of esters is 1. The Morgan fingerprint density at radius 2 is 2.18 bits per heavy atom. The van der Waals surface area contributed by atoms with Gasteiger partial charge in [0, 0.05) is 19.8 Å². The fourth-order valence-electron chi connectivity index (χ4n) is 0.892. The van der Waals surface area contributed by atoms with Crippen molar-refractivity contribution in [3.8, 4) is 0 Å². The smallest absolute Gasteiger partial charge is 0.307 e. The van der Waals surface area contributed by atoms with E-state index in [2.05, 4.69) is 4.74 Å². The maximum absolute atomic E-state index is 10.7. The summed E-state index contributed by atoms with van der Waals surface area (Å²) in [6.45, 7) is 1.23. The summed E-state index contributed by atoms with van der Waals surface area (Å²) >= 11 is 0. The largest absolute Gasteiger partial charge is 0.502 e. The Morgan fingerprint density at radius 3 is 2.55 bits per heavy atom. The van der Waals surface area contributed by atoms with Crippen molar-refractivity contribution in [2.24, 2.45) is 0 Å². The third-order valence-electron chi connectivity index (χ3n) is 1.37. The Balaban J connectivity index is 2.72. The fraction of sp³-hybridized carbons (Fsp3) is 0.429. The molecule has 11 heavy (non-hydrogen) atoms. The van der Waals surface area contributed by atoms with Gasteiger partial charge in [0.1, 0.15) is 0 Å². The second-order valence-corrected chi connectivity index (χ2v) is 2.29. The van der Waals surface area contributed by atoms with E-state index in [1.165, 1.54) is 6.92 Å². The molecule has 60 valence electrons. The molecule has 4 nitrogen and oxygen atoms in total. The van der Waals surface area contributed by atoms with Crippen molar-refractivity contribution in [2.75, 3.05) is 0 Å². The van der Waals surface area contributed by atoms with Gasteiger partial charge >= 0.3 is 5.97 Å². The van der Waals surface area contributed by atoms with Gasteiger partial charge in [0.05, 0.1) is 0 Å². The van der Waals surface area contributed by atoms with Crippen molar-refractivity contribution in [3.05, 3.63) is 11.5 Å².